The highest BCUT2D eigenvalue weighted by atomic mass is 16.7. The molecular weight excluding hydrogens is 732 g/mol. The summed E-state index contributed by atoms with van der Waals surface area (Å²) in [5.74, 6) is 4.42. The van der Waals surface area contributed by atoms with Gasteiger partial charge in [0, 0.05) is 0 Å². The molecule has 0 aromatic carbocycles. The molecule has 12 nitrogen and oxygen atoms in total. The number of carbonyl (C=O) groups excluding carboxylic acids is 1. The van der Waals surface area contributed by atoms with Crippen molar-refractivity contribution in [2.45, 2.75) is 125 Å². The van der Waals surface area contributed by atoms with Crippen LogP contribution in [0.15, 0.2) is 132 Å². The first-order valence-corrected chi connectivity index (χ1v) is 19.3. The molecule has 314 valence electrons. The summed E-state index contributed by atoms with van der Waals surface area (Å²) in [6, 6.07) is 18.4. The van der Waals surface area contributed by atoms with Crippen LogP contribution in [0, 0.1) is 6.26 Å². The first kappa shape index (κ1) is 50.1. The molecule has 0 saturated carbocycles. The molecule has 6 heterocycles. The molecule has 0 aliphatic carbocycles. The van der Waals surface area contributed by atoms with Gasteiger partial charge in [0.1, 0.15) is 30.0 Å². The Morgan fingerprint density at radius 3 is 1.49 bits per heavy atom. The molecule has 1 aliphatic rings. The Hall–Kier alpha value is -4.94. The van der Waals surface area contributed by atoms with Crippen LogP contribution in [0.4, 0.5) is 0 Å². The van der Waals surface area contributed by atoms with E-state index in [4.69, 9.17) is 42.1 Å². The second-order valence-corrected chi connectivity index (χ2v) is 12.6. The molecule has 0 spiro atoms. The zero-order valence-electron chi connectivity index (χ0n) is 34.7. The molecule has 0 amide bonds. The maximum Gasteiger partial charge on any atom is 0.292 e. The number of allylic oxidation sites excluding steroid dienone is 2. The molecule has 0 saturated heterocycles. The number of aliphatic hydroxyl groups is 2. The normalized spacial score (nSPS) is 13.5. The predicted octanol–water partition coefficient (Wildman–Crippen LogP) is 11.0. The molecule has 0 bridgehead atoms. The van der Waals surface area contributed by atoms with Gasteiger partial charge in [-0.2, -0.15) is 0 Å². The first-order chi connectivity index (χ1) is 27.6. The summed E-state index contributed by atoms with van der Waals surface area (Å²) in [4.78, 5) is 9.77. The number of rotatable bonds is 16. The van der Waals surface area contributed by atoms with Crippen LogP contribution < -0.4 is 0 Å². The number of aldehydes is 1. The molecule has 6 rings (SSSR count). The van der Waals surface area contributed by atoms with E-state index in [2.05, 4.69) is 43.1 Å². The number of hydrogen-bond donors (Lipinski definition) is 2. The van der Waals surface area contributed by atoms with Gasteiger partial charge >= 0.3 is 0 Å². The Bertz CT molecular complexity index is 1560. The Kier molecular flexibility index (Phi) is 28.3. The van der Waals surface area contributed by atoms with E-state index in [9.17, 15) is 4.79 Å². The fourth-order valence-corrected chi connectivity index (χ4v) is 3.66. The number of ether oxygens (including phenoxy) is 4. The summed E-state index contributed by atoms with van der Waals surface area (Å²) in [5, 5.41) is 16.7. The average molecular weight is 796 g/mol. The van der Waals surface area contributed by atoms with Gasteiger partial charge in [0.05, 0.1) is 62.2 Å². The molecule has 0 radical (unpaired) electrons. The quantitative estimate of drug-likeness (QED) is 0.0553. The van der Waals surface area contributed by atoms with E-state index in [1.165, 1.54) is 6.26 Å². The number of aliphatic hydroxyl groups excluding tert-OH is 2. The van der Waals surface area contributed by atoms with E-state index in [-0.39, 0.29) is 31.2 Å². The van der Waals surface area contributed by atoms with Crippen molar-refractivity contribution in [3.63, 3.8) is 0 Å². The SMILES string of the molecule is CCC(C)O.CCC(C)OC(OC(C)CC)c1ccco1.CCC(C)OCc1ccco1.O=Cc1ccco1.OCC1=CC=[C+]O1.c1coc(Cc2ccco2)c1. The summed E-state index contributed by atoms with van der Waals surface area (Å²) in [6.45, 7) is 16.7. The minimum absolute atomic E-state index is 0.0382. The summed E-state index contributed by atoms with van der Waals surface area (Å²) < 4.78 is 47.0. The maximum absolute atomic E-state index is 9.77. The van der Waals surface area contributed by atoms with E-state index in [0.717, 1.165) is 55.1 Å². The molecule has 4 atom stereocenters. The van der Waals surface area contributed by atoms with Crippen LogP contribution in [0.3, 0.4) is 0 Å². The minimum atomic E-state index is -0.389. The van der Waals surface area contributed by atoms with Gasteiger partial charge in [-0.05, 0) is 114 Å². The smallest absolute Gasteiger partial charge is 0.292 e. The molecule has 5 aromatic heterocycles. The zero-order valence-corrected chi connectivity index (χ0v) is 34.7. The Balaban J connectivity index is 0.000000355. The number of furan rings is 5. The highest BCUT2D eigenvalue weighted by Gasteiger charge is 2.20. The molecule has 5 aromatic rings. The van der Waals surface area contributed by atoms with Gasteiger partial charge in [0.25, 0.3) is 5.76 Å². The van der Waals surface area contributed by atoms with Crippen LogP contribution in [0.25, 0.3) is 0 Å². The minimum Gasteiger partial charge on any atom is -0.469 e. The van der Waals surface area contributed by atoms with Gasteiger partial charge in [-0.1, -0.05) is 27.7 Å². The van der Waals surface area contributed by atoms with Gasteiger partial charge in [0.2, 0.25) is 12.6 Å². The third kappa shape index (κ3) is 25.0. The second-order valence-electron chi connectivity index (χ2n) is 12.6. The highest BCUT2D eigenvalue weighted by Crippen LogP contribution is 2.24. The molecule has 0 fully saturated rings. The van der Waals surface area contributed by atoms with Crippen LogP contribution in [-0.4, -0.2) is 47.5 Å². The average Bonchev–Trinajstić information content (AvgIpc) is 4.09. The Labute approximate surface area is 338 Å². The lowest BCUT2D eigenvalue weighted by Crippen LogP contribution is -2.19. The standard InChI is InChI=1S/C13H22O3.C9H8O2.C9H14O2.C5H5O2.C5H4O2.C4H10O/c1-5-10(3)15-13(16-11(4)6-2)12-8-7-9-14-12;1-3-8(10-5-1)7-9-4-2-6-11-9;1-3-8(2)11-7-9-5-4-6-10-9;2*6-4-5-2-1-3-7-5;1-3-4(2)5/h7-11,13H,5-6H2,1-4H3;1-6H,7H2;4-6,8H,3,7H2,1-2H3;1-2,6H,4H2;1-4H;4-5H,3H2,1-2H3/q;;;+1;;. The van der Waals surface area contributed by atoms with Crippen LogP contribution in [-0.2, 0) is 32.0 Å². The topological polar surface area (TPSA) is 160 Å². The van der Waals surface area contributed by atoms with Crippen LogP contribution in [0.2, 0.25) is 0 Å². The summed E-state index contributed by atoms with van der Waals surface area (Å²) in [6.07, 6.45) is 19.2. The van der Waals surface area contributed by atoms with Gasteiger partial charge in [0.15, 0.2) is 30.5 Å². The van der Waals surface area contributed by atoms with E-state index in [0.29, 0.717) is 30.5 Å². The fourth-order valence-electron chi connectivity index (χ4n) is 3.66. The van der Waals surface area contributed by atoms with Crippen molar-refractivity contribution in [2.75, 3.05) is 6.61 Å². The fraction of sp³-hybridized carbons (Fsp3) is 0.444. The van der Waals surface area contributed by atoms with Crippen LogP contribution in [0.5, 0.6) is 0 Å². The second kappa shape index (κ2) is 32.2. The van der Waals surface area contributed by atoms with Gasteiger partial charge in [-0.25, -0.2) is 0 Å². The van der Waals surface area contributed by atoms with Crippen molar-refractivity contribution in [1.29, 1.82) is 0 Å². The molecule has 57 heavy (non-hydrogen) atoms. The van der Waals surface area contributed by atoms with E-state index in [1.807, 2.05) is 69.3 Å². The van der Waals surface area contributed by atoms with Crippen molar-refractivity contribution in [3.05, 3.63) is 145 Å². The molecule has 12 heteroatoms. The van der Waals surface area contributed by atoms with Crippen molar-refractivity contribution in [2.24, 2.45) is 0 Å². The lowest BCUT2D eigenvalue weighted by Gasteiger charge is -2.23. The molecular formula is C45H63O12+. The van der Waals surface area contributed by atoms with Crippen molar-refractivity contribution in [1.82, 2.24) is 0 Å². The zero-order chi connectivity index (χ0) is 42.1. The van der Waals surface area contributed by atoms with Gasteiger partial charge < -0.3 is 46.5 Å². The molecule has 4 unspecified atom stereocenters. The van der Waals surface area contributed by atoms with E-state index >= 15 is 0 Å². The largest absolute Gasteiger partial charge is 0.469 e. The Morgan fingerprint density at radius 2 is 1.16 bits per heavy atom. The molecule has 2 N–H and O–H groups in total. The number of carbonyl (C=O) groups is 1. The lowest BCUT2D eigenvalue weighted by atomic mass is 10.3. The predicted molar refractivity (Wildman–Crippen MR) is 217 cm³/mol. The van der Waals surface area contributed by atoms with E-state index < -0.39 is 0 Å². The van der Waals surface area contributed by atoms with E-state index in [1.54, 1.807) is 56.3 Å². The summed E-state index contributed by atoms with van der Waals surface area (Å²) >= 11 is 0. The lowest BCUT2D eigenvalue weighted by molar-refractivity contribution is -0.201. The number of hydrogen-bond acceptors (Lipinski definition) is 12. The van der Waals surface area contributed by atoms with Crippen LogP contribution >= 0.6 is 0 Å². The summed E-state index contributed by atoms with van der Waals surface area (Å²) in [5.41, 5.74) is 0. The van der Waals surface area contributed by atoms with Crippen molar-refractivity contribution in [3.8, 4) is 0 Å². The monoisotopic (exact) mass is 795 g/mol. The third-order valence-corrected chi connectivity index (χ3v) is 7.74. The summed E-state index contributed by atoms with van der Waals surface area (Å²) in [7, 11) is 0. The van der Waals surface area contributed by atoms with Gasteiger partial charge in [-0.15, -0.1) is 0 Å². The molecule has 1 aliphatic heterocycles. The maximum atomic E-state index is 9.77. The van der Waals surface area contributed by atoms with Gasteiger partial charge in [-0.3, -0.25) is 9.53 Å². The Morgan fingerprint density at radius 1 is 0.667 bits per heavy atom. The van der Waals surface area contributed by atoms with Crippen molar-refractivity contribution >= 4 is 6.29 Å². The highest BCUT2D eigenvalue weighted by molar-refractivity contribution is 5.69. The van der Waals surface area contributed by atoms with Crippen molar-refractivity contribution < 1.29 is 56.0 Å². The first-order valence-electron chi connectivity index (χ1n) is 19.3. The third-order valence-electron chi connectivity index (χ3n) is 7.74. The van der Waals surface area contributed by atoms with Crippen LogP contribution in [0.1, 0.15) is 121 Å².